The van der Waals surface area contributed by atoms with Crippen LogP contribution in [0.5, 0.6) is 0 Å². The van der Waals surface area contributed by atoms with E-state index in [1.54, 1.807) is 32.0 Å². The molecule has 0 saturated carbocycles. The average Bonchev–Trinajstić information content (AvgIpc) is 2.54. The van der Waals surface area contributed by atoms with Crippen LogP contribution in [0.15, 0.2) is 30.4 Å². The summed E-state index contributed by atoms with van der Waals surface area (Å²) in [4.78, 5) is 36.7. The molecule has 0 saturated heterocycles. The van der Waals surface area contributed by atoms with E-state index in [4.69, 9.17) is 16.3 Å². The smallest absolute Gasteiger partial charge is 0.330 e. The molecule has 0 atom stereocenters. The number of hydrogen-bond acceptors (Lipinski definition) is 4. The first-order chi connectivity index (χ1) is 11.4. The van der Waals surface area contributed by atoms with E-state index in [2.05, 4.69) is 5.32 Å². The van der Waals surface area contributed by atoms with Crippen LogP contribution in [0.1, 0.15) is 19.4 Å². The lowest BCUT2D eigenvalue weighted by Gasteiger charge is -2.20. The highest BCUT2D eigenvalue weighted by atomic mass is 35.5. The van der Waals surface area contributed by atoms with Crippen LogP contribution in [0.4, 0.5) is 5.69 Å². The highest BCUT2D eigenvalue weighted by molar-refractivity contribution is 6.31. The van der Waals surface area contributed by atoms with Crippen LogP contribution in [-0.2, 0) is 19.1 Å². The Balaban J connectivity index is 2.60. The van der Waals surface area contributed by atoms with Gasteiger partial charge in [-0.3, -0.25) is 9.59 Å². The standard InChI is InChI=1S/C17H21ClN2O4/c1-4-6-17(23)24-11-16(22)20(5-2)10-15(21)19-14-9-13(18)8-7-12(14)3/h4,6-9H,5,10-11H2,1-3H3,(H,19,21)/b6-4+. The zero-order chi connectivity index (χ0) is 18.1. The summed E-state index contributed by atoms with van der Waals surface area (Å²) in [6, 6.07) is 5.17. The molecule has 0 bridgehead atoms. The number of anilines is 1. The number of nitrogens with one attached hydrogen (secondary N) is 1. The zero-order valence-electron chi connectivity index (χ0n) is 14.0. The molecule has 7 heteroatoms. The number of benzene rings is 1. The molecule has 2 amide bonds. The summed E-state index contributed by atoms with van der Waals surface area (Å²) in [5.41, 5.74) is 1.46. The highest BCUT2D eigenvalue weighted by Gasteiger charge is 2.17. The van der Waals surface area contributed by atoms with Crippen molar-refractivity contribution in [2.45, 2.75) is 20.8 Å². The Labute approximate surface area is 146 Å². The number of halogens is 1. The normalized spacial score (nSPS) is 10.5. The van der Waals surface area contributed by atoms with Crippen LogP contribution in [0.3, 0.4) is 0 Å². The van der Waals surface area contributed by atoms with Crippen molar-refractivity contribution in [2.75, 3.05) is 25.0 Å². The fraction of sp³-hybridized carbons (Fsp3) is 0.353. The van der Waals surface area contributed by atoms with Gasteiger partial charge in [0.05, 0.1) is 6.54 Å². The van der Waals surface area contributed by atoms with Gasteiger partial charge in [-0.05, 0) is 38.5 Å². The molecule has 0 aliphatic carbocycles. The van der Waals surface area contributed by atoms with E-state index < -0.39 is 18.5 Å². The molecule has 0 heterocycles. The number of esters is 1. The molecule has 1 N–H and O–H groups in total. The summed E-state index contributed by atoms with van der Waals surface area (Å²) in [5, 5.41) is 3.23. The molecule has 1 rings (SSSR count). The van der Waals surface area contributed by atoms with Crippen LogP contribution >= 0.6 is 11.6 Å². The molecule has 130 valence electrons. The molecule has 0 radical (unpaired) electrons. The Kier molecular flexibility index (Phi) is 7.98. The fourth-order valence-corrected chi connectivity index (χ4v) is 2.05. The highest BCUT2D eigenvalue weighted by Crippen LogP contribution is 2.20. The maximum Gasteiger partial charge on any atom is 0.330 e. The zero-order valence-corrected chi connectivity index (χ0v) is 14.7. The molecule has 0 fully saturated rings. The van der Waals surface area contributed by atoms with Gasteiger partial charge in [-0.1, -0.05) is 23.7 Å². The third-order valence-corrected chi connectivity index (χ3v) is 3.42. The van der Waals surface area contributed by atoms with Gasteiger partial charge in [-0.2, -0.15) is 0 Å². The molecule has 0 unspecified atom stereocenters. The predicted octanol–water partition coefficient (Wildman–Crippen LogP) is 2.55. The third-order valence-electron chi connectivity index (χ3n) is 3.18. The van der Waals surface area contributed by atoms with Crippen LogP contribution in [0, 0.1) is 6.92 Å². The largest absolute Gasteiger partial charge is 0.452 e. The Bertz CT molecular complexity index is 643. The number of allylic oxidation sites excluding steroid dienone is 1. The van der Waals surface area contributed by atoms with Crippen LogP contribution in [0.25, 0.3) is 0 Å². The van der Waals surface area contributed by atoms with E-state index in [1.165, 1.54) is 17.1 Å². The predicted molar refractivity (Wildman–Crippen MR) is 92.8 cm³/mol. The molecular weight excluding hydrogens is 332 g/mol. The lowest BCUT2D eigenvalue weighted by atomic mass is 10.2. The molecule has 1 aromatic rings. The monoisotopic (exact) mass is 352 g/mol. The molecule has 24 heavy (non-hydrogen) atoms. The Morgan fingerprint density at radius 2 is 2.04 bits per heavy atom. The minimum Gasteiger partial charge on any atom is -0.452 e. The summed E-state index contributed by atoms with van der Waals surface area (Å²) >= 11 is 5.91. The first-order valence-electron chi connectivity index (χ1n) is 7.50. The molecule has 0 aromatic heterocycles. The van der Waals surface area contributed by atoms with Gasteiger partial charge in [0.1, 0.15) is 0 Å². The second-order valence-electron chi connectivity index (χ2n) is 5.02. The second kappa shape index (κ2) is 9.72. The fourth-order valence-electron chi connectivity index (χ4n) is 1.88. The number of ether oxygens (including phenoxy) is 1. The van der Waals surface area contributed by atoms with Crippen molar-refractivity contribution in [1.29, 1.82) is 0 Å². The number of likely N-dealkylation sites (N-methyl/N-ethyl adjacent to an activating group) is 1. The maximum atomic E-state index is 12.1. The quantitative estimate of drug-likeness (QED) is 0.604. The third kappa shape index (κ3) is 6.42. The summed E-state index contributed by atoms with van der Waals surface area (Å²) in [7, 11) is 0. The van der Waals surface area contributed by atoms with Crippen molar-refractivity contribution in [3.8, 4) is 0 Å². The van der Waals surface area contributed by atoms with Gasteiger partial charge in [0.2, 0.25) is 5.91 Å². The number of nitrogens with zero attached hydrogens (tertiary/aromatic N) is 1. The van der Waals surface area contributed by atoms with Crippen LogP contribution in [-0.4, -0.2) is 42.4 Å². The topological polar surface area (TPSA) is 75.7 Å². The Morgan fingerprint density at radius 1 is 1.33 bits per heavy atom. The lowest BCUT2D eigenvalue weighted by molar-refractivity contribution is -0.148. The van der Waals surface area contributed by atoms with Gasteiger partial charge in [0.15, 0.2) is 6.61 Å². The second-order valence-corrected chi connectivity index (χ2v) is 5.46. The number of rotatable bonds is 7. The van der Waals surface area contributed by atoms with E-state index in [1.807, 2.05) is 6.92 Å². The molecule has 6 nitrogen and oxygen atoms in total. The van der Waals surface area contributed by atoms with Crippen molar-refractivity contribution in [3.05, 3.63) is 40.9 Å². The van der Waals surface area contributed by atoms with Crippen molar-refractivity contribution in [3.63, 3.8) is 0 Å². The van der Waals surface area contributed by atoms with E-state index in [0.717, 1.165) is 5.56 Å². The lowest BCUT2D eigenvalue weighted by Crippen LogP contribution is -2.40. The maximum absolute atomic E-state index is 12.1. The van der Waals surface area contributed by atoms with Crippen LogP contribution < -0.4 is 5.32 Å². The van der Waals surface area contributed by atoms with Crippen molar-refractivity contribution in [2.24, 2.45) is 0 Å². The minimum atomic E-state index is -0.596. The molecule has 0 aliphatic rings. The number of carbonyl (C=O) groups is 3. The first kappa shape index (κ1) is 19.7. The minimum absolute atomic E-state index is 0.136. The summed E-state index contributed by atoms with van der Waals surface area (Å²) < 4.78 is 4.80. The van der Waals surface area contributed by atoms with Crippen molar-refractivity contribution >= 4 is 35.1 Å². The summed E-state index contributed by atoms with van der Waals surface area (Å²) in [6.45, 7) is 5.04. The summed E-state index contributed by atoms with van der Waals surface area (Å²) in [6.07, 6.45) is 2.74. The Morgan fingerprint density at radius 3 is 2.67 bits per heavy atom. The van der Waals surface area contributed by atoms with Gasteiger partial charge in [-0.25, -0.2) is 4.79 Å². The van der Waals surface area contributed by atoms with Gasteiger partial charge in [-0.15, -0.1) is 0 Å². The van der Waals surface area contributed by atoms with E-state index in [-0.39, 0.29) is 12.5 Å². The van der Waals surface area contributed by atoms with Crippen molar-refractivity contribution < 1.29 is 19.1 Å². The van der Waals surface area contributed by atoms with Crippen LogP contribution in [0.2, 0.25) is 5.02 Å². The number of aryl methyl sites for hydroxylation is 1. The van der Waals surface area contributed by atoms with Gasteiger partial charge < -0.3 is 15.0 Å². The molecule has 0 spiro atoms. The van der Waals surface area contributed by atoms with Gasteiger partial charge >= 0.3 is 5.97 Å². The molecule has 1 aromatic carbocycles. The molecular formula is C17H21ClN2O4. The SMILES string of the molecule is C/C=C/C(=O)OCC(=O)N(CC)CC(=O)Nc1cc(Cl)ccc1C. The van der Waals surface area contributed by atoms with Gasteiger partial charge in [0, 0.05) is 23.3 Å². The summed E-state index contributed by atoms with van der Waals surface area (Å²) in [5.74, 6) is -1.38. The first-order valence-corrected chi connectivity index (χ1v) is 7.88. The van der Waals surface area contributed by atoms with Gasteiger partial charge in [0.25, 0.3) is 5.91 Å². The van der Waals surface area contributed by atoms with Crippen molar-refractivity contribution in [1.82, 2.24) is 4.90 Å². The number of amides is 2. The van der Waals surface area contributed by atoms with E-state index in [9.17, 15) is 14.4 Å². The van der Waals surface area contributed by atoms with E-state index >= 15 is 0 Å². The molecule has 0 aliphatic heterocycles. The average molecular weight is 353 g/mol. The van der Waals surface area contributed by atoms with E-state index in [0.29, 0.717) is 17.3 Å². The number of carbonyl (C=O) groups excluding carboxylic acids is 3. The number of hydrogen-bond donors (Lipinski definition) is 1. The Hall–Kier alpha value is -2.34.